The van der Waals surface area contributed by atoms with Gasteiger partial charge in [-0.05, 0) is 37.5 Å². The summed E-state index contributed by atoms with van der Waals surface area (Å²) in [7, 11) is -3.26. The maximum absolute atomic E-state index is 12.6. The van der Waals surface area contributed by atoms with Gasteiger partial charge in [-0.2, -0.15) is 0 Å². The highest BCUT2D eigenvalue weighted by Crippen LogP contribution is 2.32. The van der Waals surface area contributed by atoms with Crippen LogP contribution in [-0.4, -0.2) is 51.2 Å². The average molecular weight is 368 g/mol. The molecule has 0 aromatic heterocycles. The molecule has 7 nitrogen and oxygen atoms in total. The Morgan fingerprint density at radius 1 is 1.28 bits per heavy atom. The first kappa shape index (κ1) is 18.0. The summed E-state index contributed by atoms with van der Waals surface area (Å²) in [5.41, 5.74) is 0.924. The molecular formula is C17H24N2O5S. The Balaban J connectivity index is 1.64. The van der Waals surface area contributed by atoms with E-state index in [1.165, 1.54) is 10.6 Å². The fourth-order valence-corrected chi connectivity index (χ4v) is 4.11. The van der Waals surface area contributed by atoms with E-state index < -0.39 is 10.0 Å². The molecule has 138 valence electrons. The topological polar surface area (TPSA) is 84.9 Å². The highest BCUT2D eigenvalue weighted by Gasteiger charge is 2.30. The molecule has 0 unspecified atom stereocenters. The Morgan fingerprint density at radius 3 is 2.72 bits per heavy atom. The summed E-state index contributed by atoms with van der Waals surface area (Å²) in [5.74, 6) is 0.967. The molecule has 2 aliphatic heterocycles. The standard InChI is InChI=1S/C17H24N2O5S/c1-12(13-5-6-15-16(10-13)24-9-8-23-15)18-17(20)14-4-3-7-19(11-14)25(2,21)22/h5-6,10,12,14H,3-4,7-9,11H2,1-2H3,(H,18,20)/t12-,14+/m0/s1. The Labute approximate surface area is 148 Å². The van der Waals surface area contributed by atoms with Crippen LogP contribution in [0.15, 0.2) is 18.2 Å². The zero-order chi connectivity index (χ0) is 18.0. The summed E-state index contributed by atoms with van der Waals surface area (Å²) in [6.45, 7) is 3.69. The van der Waals surface area contributed by atoms with Crippen LogP contribution in [0.5, 0.6) is 11.5 Å². The van der Waals surface area contributed by atoms with Crippen molar-refractivity contribution in [2.75, 3.05) is 32.6 Å². The number of piperidine rings is 1. The van der Waals surface area contributed by atoms with Crippen molar-refractivity contribution in [2.45, 2.75) is 25.8 Å². The third kappa shape index (κ3) is 4.24. The zero-order valence-electron chi connectivity index (χ0n) is 14.5. The molecule has 1 saturated heterocycles. The maximum atomic E-state index is 12.6. The SMILES string of the molecule is C[C@H](NC(=O)[C@@H]1CCCN(S(C)(=O)=O)C1)c1ccc2c(c1)OCCO2. The van der Waals surface area contributed by atoms with Crippen molar-refractivity contribution >= 4 is 15.9 Å². The quantitative estimate of drug-likeness (QED) is 0.866. The van der Waals surface area contributed by atoms with E-state index >= 15 is 0 Å². The number of hydrogen-bond donors (Lipinski definition) is 1. The van der Waals surface area contributed by atoms with Crippen LogP contribution in [0.2, 0.25) is 0 Å². The summed E-state index contributed by atoms with van der Waals surface area (Å²) in [5, 5.41) is 2.99. The minimum absolute atomic E-state index is 0.115. The second kappa shape index (κ2) is 7.21. The van der Waals surface area contributed by atoms with E-state index in [1.54, 1.807) is 0 Å². The molecule has 3 rings (SSSR count). The number of nitrogens with zero attached hydrogens (tertiary/aromatic N) is 1. The number of ether oxygens (including phenoxy) is 2. The third-order valence-electron chi connectivity index (χ3n) is 4.65. The van der Waals surface area contributed by atoms with Gasteiger partial charge < -0.3 is 14.8 Å². The predicted molar refractivity (Wildman–Crippen MR) is 93.1 cm³/mol. The van der Waals surface area contributed by atoms with Gasteiger partial charge in [0.2, 0.25) is 15.9 Å². The Bertz CT molecular complexity index is 749. The second-order valence-electron chi connectivity index (χ2n) is 6.59. The summed E-state index contributed by atoms with van der Waals surface area (Å²) >= 11 is 0. The van der Waals surface area contributed by atoms with Gasteiger partial charge in [0, 0.05) is 13.1 Å². The number of hydrogen-bond acceptors (Lipinski definition) is 5. The van der Waals surface area contributed by atoms with Gasteiger partial charge in [0.1, 0.15) is 13.2 Å². The lowest BCUT2D eigenvalue weighted by Gasteiger charge is -2.31. The lowest BCUT2D eigenvalue weighted by molar-refractivity contribution is -0.126. The molecule has 2 heterocycles. The number of benzene rings is 1. The van der Waals surface area contributed by atoms with Gasteiger partial charge in [-0.15, -0.1) is 0 Å². The minimum atomic E-state index is -3.26. The maximum Gasteiger partial charge on any atom is 0.224 e. The molecule has 2 aliphatic rings. The highest BCUT2D eigenvalue weighted by molar-refractivity contribution is 7.88. The molecule has 1 amide bonds. The Kier molecular flexibility index (Phi) is 5.19. The molecule has 0 bridgehead atoms. The first-order chi connectivity index (χ1) is 11.8. The molecule has 0 aliphatic carbocycles. The van der Waals surface area contributed by atoms with Crippen molar-refractivity contribution in [2.24, 2.45) is 5.92 Å². The van der Waals surface area contributed by atoms with Crippen molar-refractivity contribution in [3.8, 4) is 11.5 Å². The van der Waals surface area contributed by atoms with Crippen molar-refractivity contribution in [3.05, 3.63) is 23.8 Å². The van der Waals surface area contributed by atoms with E-state index in [-0.39, 0.29) is 24.4 Å². The van der Waals surface area contributed by atoms with Crippen LogP contribution in [0.25, 0.3) is 0 Å². The van der Waals surface area contributed by atoms with Gasteiger partial charge in [-0.25, -0.2) is 12.7 Å². The van der Waals surface area contributed by atoms with Crippen molar-refractivity contribution < 1.29 is 22.7 Å². The summed E-state index contributed by atoms with van der Waals surface area (Å²) in [4.78, 5) is 12.6. The third-order valence-corrected chi connectivity index (χ3v) is 5.92. The number of fused-ring (bicyclic) bond motifs is 1. The number of amides is 1. The number of carbonyl (C=O) groups is 1. The summed E-state index contributed by atoms with van der Waals surface area (Å²) in [6.07, 6.45) is 2.58. The zero-order valence-corrected chi connectivity index (χ0v) is 15.3. The molecule has 1 aromatic carbocycles. The molecule has 2 atom stereocenters. The van der Waals surface area contributed by atoms with Crippen LogP contribution in [0.1, 0.15) is 31.4 Å². The molecule has 8 heteroatoms. The van der Waals surface area contributed by atoms with Crippen molar-refractivity contribution in [1.82, 2.24) is 9.62 Å². The van der Waals surface area contributed by atoms with Crippen LogP contribution in [-0.2, 0) is 14.8 Å². The first-order valence-corrected chi connectivity index (χ1v) is 10.3. The normalized spacial score (nSPS) is 22.2. The first-order valence-electron chi connectivity index (χ1n) is 8.49. The number of carbonyl (C=O) groups excluding carboxylic acids is 1. The molecule has 25 heavy (non-hydrogen) atoms. The van der Waals surface area contributed by atoms with Gasteiger partial charge in [-0.1, -0.05) is 6.07 Å². The Morgan fingerprint density at radius 2 is 2.00 bits per heavy atom. The van der Waals surface area contributed by atoms with Crippen LogP contribution in [0.3, 0.4) is 0 Å². The van der Waals surface area contributed by atoms with Crippen LogP contribution in [0, 0.1) is 5.92 Å². The highest BCUT2D eigenvalue weighted by atomic mass is 32.2. The van der Waals surface area contributed by atoms with Gasteiger partial charge in [0.15, 0.2) is 11.5 Å². The summed E-state index contributed by atoms with van der Waals surface area (Å²) < 4.78 is 35.9. The van der Waals surface area contributed by atoms with Crippen LogP contribution >= 0.6 is 0 Å². The fourth-order valence-electron chi connectivity index (χ4n) is 3.20. The number of rotatable bonds is 4. The molecule has 1 aromatic rings. The van der Waals surface area contributed by atoms with E-state index in [4.69, 9.17) is 9.47 Å². The van der Waals surface area contributed by atoms with Crippen molar-refractivity contribution in [1.29, 1.82) is 0 Å². The minimum Gasteiger partial charge on any atom is -0.486 e. The van der Waals surface area contributed by atoms with E-state index in [0.717, 1.165) is 5.56 Å². The lowest BCUT2D eigenvalue weighted by atomic mass is 9.97. The van der Waals surface area contributed by atoms with Gasteiger partial charge in [-0.3, -0.25) is 4.79 Å². The van der Waals surface area contributed by atoms with E-state index in [1.807, 2.05) is 25.1 Å². The fraction of sp³-hybridized carbons (Fsp3) is 0.588. The molecular weight excluding hydrogens is 344 g/mol. The molecule has 0 radical (unpaired) electrons. The second-order valence-corrected chi connectivity index (χ2v) is 8.58. The van der Waals surface area contributed by atoms with Gasteiger partial charge in [0.05, 0.1) is 18.2 Å². The number of sulfonamides is 1. The Hall–Kier alpha value is -1.80. The summed E-state index contributed by atoms with van der Waals surface area (Å²) in [6, 6.07) is 5.43. The number of nitrogens with one attached hydrogen (secondary N) is 1. The molecule has 1 fully saturated rings. The van der Waals surface area contributed by atoms with Crippen LogP contribution < -0.4 is 14.8 Å². The van der Waals surface area contributed by atoms with Gasteiger partial charge in [0.25, 0.3) is 0 Å². The average Bonchev–Trinajstić information content (AvgIpc) is 2.60. The molecule has 1 N–H and O–H groups in total. The van der Waals surface area contributed by atoms with Crippen LogP contribution in [0.4, 0.5) is 0 Å². The van der Waals surface area contributed by atoms with E-state index in [2.05, 4.69) is 5.32 Å². The van der Waals surface area contributed by atoms with Crippen molar-refractivity contribution in [3.63, 3.8) is 0 Å². The molecule has 0 spiro atoms. The smallest absolute Gasteiger partial charge is 0.224 e. The lowest BCUT2D eigenvalue weighted by Crippen LogP contribution is -2.45. The van der Waals surface area contributed by atoms with Gasteiger partial charge >= 0.3 is 0 Å². The monoisotopic (exact) mass is 368 g/mol. The van der Waals surface area contributed by atoms with E-state index in [0.29, 0.717) is 44.1 Å². The largest absolute Gasteiger partial charge is 0.486 e. The predicted octanol–water partition coefficient (Wildman–Crippen LogP) is 1.31. The molecule has 0 saturated carbocycles. The van der Waals surface area contributed by atoms with E-state index in [9.17, 15) is 13.2 Å².